The molecule has 9 nitrogen and oxygen atoms in total. The Morgan fingerprint density at radius 3 is 2.29 bits per heavy atom. The number of hydrazone groups is 1. The van der Waals surface area contributed by atoms with Crippen molar-refractivity contribution in [3.05, 3.63) is 112 Å². The molecule has 0 spiro atoms. The van der Waals surface area contributed by atoms with Gasteiger partial charge in [-0.3, -0.25) is 14.9 Å². The molecular weight excluding hydrogens is 458 g/mol. The van der Waals surface area contributed by atoms with Crippen LogP contribution in [0.2, 0.25) is 0 Å². The fourth-order valence-corrected chi connectivity index (χ4v) is 4.14. The van der Waals surface area contributed by atoms with Crippen LogP contribution < -0.4 is 9.61 Å². The Kier molecular flexibility index (Phi) is 6.33. The van der Waals surface area contributed by atoms with Crippen molar-refractivity contribution in [3.63, 3.8) is 0 Å². The molecule has 0 bridgehead atoms. The standard InChI is InChI=1S/C24H17N3O6S/c28-24(18-7-2-1-3-8-18)26-25-16-22-21-9-5-4-6-17(21)10-15-23(22)33-34(31,32)20-13-11-19(12-14-20)27(29)30/h1-16H,(H,26,28)/b25-16+. The molecular formula is C24H17N3O6S. The van der Waals surface area contributed by atoms with Crippen LogP contribution in [0, 0.1) is 10.1 Å². The van der Waals surface area contributed by atoms with Crippen LogP contribution in [0.25, 0.3) is 10.8 Å². The van der Waals surface area contributed by atoms with E-state index in [1.165, 1.54) is 12.3 Å². The number of nitrogens with one attached hydrogen (secondary N) is 1. The zero-order chi connectivity index (χ0) is 24.1. The van der Waals surface area contributed by atoms with Crippen LogP contribution >= 0.6 is 0 Å². The summed E-state index contributed by atoms with van der Waals surface area (Å²) in [7, 11) is -4.30. The molecule has 4 aromatic carbocycles. The first-order valence-corrected chi connectivity index (χ1v) is 11.3. The molecule has 0 saturated carbocycles. The summed E-state index contributed by atoms with van der Waals surface area (Å²) in [5.41, 5.74) is 2.91. The summed E-state index contributed by atoms with van der Waals surface area (Å²) in [6.45, 7) is 0. The van der Waals surface area contributed by atoms with Gasteiger partial charge >= 0.3 is 10.1 Å². The van der Waals surface area contributed by atoms with Crippen molar-refractivity contribution < 1.29 is 22.3 Å². The molecule has 0 radical (unpaired) electrons. The number of carbonyl (C=O) groups excluding carboxylic acids is 1. The smallest absolute Gasteiger partial charge is 0.339 e. The molecule has 0 aliphatic rings. The van der Waals surface area contributed by atoms with Crippen LogP contribution in [0.4, 0.5) is 5.69 Å². The maximum Gasteiger partial charge on any atom is 0.339 e. The lowest BCUT2D eigenvalue weighted by Crippen LogP contribution is -2.17. The van der Waals surface area contributed by atoms with E-state index >= 15 is 0 Å². The van der Waals surface area contributed by atoms with E-state index in [0.717, 1.165) is 29.7 Å². The number of hydrogen-bond donors (Lipinski definition) is 1. The van der Waals surface area contributed by atoms with Gasteiger partial charge in [-0.05, 0) is 41.1 Å². The molecule has 1 amide bonds. The first-order chi connectivity index (χ1) is 16.3. The van der Waals surface area contributed by atoms with Crippen molar-refractivity contribution in [2.45, 2.75) is 4.90 Å². The maximum absolute atomic E-state index is 12.8. The Morgan fingerprint density at radius 1 is 0.912 bits per heavy atom. The number of nitro benzene ring substituents is 1. The van der Waals surface area contributed by atoms with E-state index in [2.05, 4.69) is 10.5 Å². The summed E-state index contributed by atoms with van der Waals surface area (Å²) in [5.74, 6) is -0.451. The summed E-state index contributed by atoms with van der Waals surface area (Å²) in [4.78, 5) is 22.2. The molecule has 0 heterocycles. The fourth-order valence-electron chi connectivity index (χ4n) is 3.19. The topological polar surface area (TPSA) is 128 Å². The lowest BCUT2D eigenvalue weighted by molar-refractivity contribution is -0.384. The summed E-state index contributed by atoms with van der Waals surface area (Å²) in [6.07, 6.45) is 1.31. The summed E-state index contributed by atoms with van der Waals surface area (Å²) < 4.78 is 31.0. The third-order valence-electron chi connectivity index (χ3n) is 4.86. The number of hydrogen-bond acceptors (Lipinski definition) is 7. The van der Waals surface area contributed by atoms with Gasteiger partial charge in [0.1, 0.15) is 4.90 Å². The van der Waals surface area contributed by atoms with Gasteiger partial charge in [0.25, 0.3) is 11.6 Å². The largest absolute Gasteiger partial charge is 0.378 e. The number of fused-ring (bicyclic) bond motifs is 1. The number of non-ortho nitro benzene ring substituents is 1. The van der Waals surface area contributed by atoms with Crippen molar-refractivity contribution in [2.75, 3.05) is 0 Å². The molecule has 0 fully saturated rings. The van der Waals surface area contributed by atoms with Crippen molar-refractivity contribution in [1.29, 1.82) is 0 Å². The average Bonchev–Trinajstić information content (AvgIpc) is 2.85. The van der Waals surface area contributed by atoms with E-state index in [-0.39, 0.29) is 16.3 Å². The zero-order valence-corrected chi connectivity index (χ0v) is 18.3. The Morgan fingerprint density at radius 2 is 1.59 bits per heavy atom. The number of nitro groups is 1. The highest BCUT2D eigenvalue weighted by Crippen LogP contribution is 2.29. The summed E-state index contributed by atoms with van der Waals surface area (Å²) in [5, 5.41) is 16.3. The molecule has 4 rings (SSSR count). The first kappa shape index (κ1) is 22.6. The molecule has 34 heavy (non-hydrogen) atoms. The minimum Gasteiger partial charge on any atom is -0.378 e. The normalized spacial score (nSPS) is 11.4. The summed E-state index contributed by atoms with van der Waals surface area (Å²) >= 11 is 0. The molecule has 170 valence electrons. The van der Waals surface area contributed by atoms with Gasteiger partial charge in [-0.25, -0.2) is 5.43 Å². The minimum atomic E-state index is -4.30. The van der Waals surface area contributed by atoms with E-state index < -0.39 is 20.9 Å². The van der Waals surface area contributed by atoms with Crippen molar-refractivity contribution in [1.82, 2.24) is 5.43 Å². The second-order valence-electron chi connectivity index (χ2n) is 7.05. The third kappa shape index (κ3) is 4.92. The van der Waals surface area contributed by atoms with Crippen LogP contribution in [0.3, 0.4) is 0 Å². The van der Waals surface area contributed by atoms with E-state index in [0.29, 0.717) is 16.5 Å². The quantitative estimate of drug-likeness (QED) is 0.184. The monoisotopic (exact) mass is 475 g/mol. The number of amides is 1. The van der Waals surface area contributed by atoms with Crippen LogP contribution in [0.5, 0.6) is 5.75 Å². The number of rotatable bonds is 7. The predicted molar refractivity (Wildman–Crippen MR) is 126 cm³/mol. The minimum absolute atomic E-state index is 0.0187. The van der Waals surface area contributed by atoms with Gasteiger partial charge in [0.15, 0.2) is 5.75 Å². The van der Waals surface area contributed by atoms with Gasteiger partial charge in [0.05, 0.1) is 11.1 Å². The highest BCUT2D eigenvalue weighted by molar-refractivity contribution is 7.87. The Bertz CT molecular complexity index is 1500. The fraction of sp³-hybridized carbons (Fsp3) is 0. The molecule has 10 heteroatoms. The van der Waals surface area contributed by atoms with E-state index in [1.807, 2.05) is 12.1 Å². The second-order valence-corrected chi connectivity index (χ2v) is 8.60. The Hall–Kier alpha value is -4.57. The van der Waals surface area contributed by atoms with E-state index in [4.69, 9.17) is 4.18 Å². The van der Waals surface area contributed by atoms with Gasteiger partial charge < -0.3 is 4.18 Å². The lowest BCUT2D eigenvalue weighted by Gasteiger charge is -2.12. The van der Waals surface area contributed by atoms with Gasteiger partial charge in [0.2, 0.25) is 0 Å². The molecule has 4 aromatic rings. The van der Waals surface area contributed by atoms with Crippen molar-refractivity contribution >= 4 is 38.7 Å². The van der Waals surface area contributed by atoms with E-state index in [9.17, 15) is 23.3 Å². The highest BCUT2D eigenvalue weighted by atomic mass is 32.2. The van der Waals surface area contributed by atoms with Gasteiger partial charge in [0, 0.05) is 23.3 Å². The number of benzene rings is 4. The Labute approximate surface area is 194 Å². The molecule has 0 aromatic heterocycles. The molecule has 1 N–H and O–H groups in total. The van der Waals surface area contributed by atoms with Crippen LogP contribution in [-0.2, 0) is 10.1 Å². The zero-order valence-electron chi connectivity index (χ0n) is 17.5. The predicted octanol–water partition coefficient (Wildman–Crippen LogP) is 4.28. The van der Waals surface area contributed by atoms with Gasteiger partial charge in [-0.2, -0.15) is 13.5 Å². The third-order valence-corrected chi connectivity index (χ3v) is 6.11. The molecule has 0 aliphatic carbocycles. The second kappa shape index (κ2) is 9.51. The molecule has 0 aliphatic heterocycles. The van der Waals surface area contributed by atoms with Crippen LogP contribution in [-0.4, -0.2) is 25.5 Å². The SMILES string of the molecule is O=C(N/N=C/c1c(OS(=O)(=O)c2ccc([N+](=O)[O-])cc2)ccc2ccccc12)c1ccccc1. The maximum atomic E-state index is 12.8. The average molecular weight is 475 g/mol. The van der Waals surface area contributed by atoms with E-state index in [1.54, 1.807) is 48.5 Å². The molecule has 0 atom stereocenters. The van der Waals surface area contributed by atoms with Crippen LogP contribution in [0.15, 0.2) is 101 Å². The number of nitrogens with zero attached hydrogens (tertiary/aromatic N) is 2. The lowest BCUT2D eigenvalue weighted by atomic mass is 10.0. The molecule has 0 unspecified atom stereocenters. The number of carbonyl (C=O) groups is 1. The van der Waals surface area contributed by atoms with Gasteiger partial charge in [-0.15, -0.1) is 0 Å². The van der Waals surface area contributed by atoms with Crippen molar-refractivity contribution in [2.24, 2.45) is 5.10 Å². The van der Waals surface area contributed by atoms with Crippen LogP contribution in [0.1, 0.15) is 15.9 Å². The highest BCUT2D eigenvalue weighted by Gasteiger charge is 2.20. The van der Waals surface area contributed by atoms with Crippen molar-refractivity contribution in [3.8, 4) is 5.75 Å². The first-order valence-electron chi connectivity index (χ1n) is 9.94. The summed E-state index contributed by atoms with van der Waals surface area (Å²) in [6, 6.07) is 23.2. The molecule has 0 saturated heterocycles. The Balaban J connectivity index is 1.67. The van der Waals surface area contributed by atoms with Gasteiger partial charge in [-0.1, -0.05) is 48.5 Å².